The monoisotopic (exact) mass is 446 g/mol. The van der Waals surface area contributed by atoms with Gasteiger partial charge in [-0.1, -0.05) is 31.0 Å². The lowest BCUT2D eigenvalue weighted by atomic mass is 9.71. The molecular formula is C24H25F3N2O3. The van der Waals surface area contributed by atoms with Gasteiger partial charge in [0.1, 0.15) is 0 Å². The molecule has 2 aliphatic rings. The molecule has 170 valence electrons. The molecule has 4 rings (SSSR count). The fourth-order valence-corrected chi connectivity index (χ4v) is 5.13. The van der Waals surface area contributed by atoms with Gasteiger partial charge in [-0.25, -0.2) is 0 Å². The molecule has 0 saturated heterocycles. The Labute approximate surface area is 184 Å². The van der Waals surface area contributed by atoms with Crippen molar-refractivity contribution in [3.8, 4) is 0 Å². The highest BCUT2D eigenvalue weighted by molar-refractivity contribution is 6.05. The molecule has 0 radical (unpaired) electrons. The number of carbonyl (C=O) groups excluding carboxylic acids is 2. The van der Waals surface area contributed by atoms with Crippen LogP contribution in [0.2, 0.25) is 0 Å². The second-order valence-corrected chi connectivity index (χ2v) is 8.34. The van der Waals surface area contributed by atoms with Crippen LogP contribution in [0.5, 0.6) is 0 Å². The summed E-state index contributed by atoms with van der Waals surface area (Å²) < 4.78 is 43.9. The van der Waals surface area contributed by atoms with Crippen molar-refractivity contribution in [3.05, 3.63) is 65.2 Å². The zero-order chi connectivity index (χ0) is 22.9. The largest absolute Gasteiger partial charge is 0.416 e. The highest BCUT2D eigenvalue weighted by Gasteiger charge is 2.55. The Bertz CT molecular complexity index is 998. The number of nitrogens with zero attached hydrogens (tertiary/aromatic N) is 1. The molecule has 1 heterocycles. The van der Waals surface area contributed by atoms with Crippen LogP contribution in [0.4, 0.5) is 18.9 Å². The van der Waals surface area contributed by atoms with Gasteiger partial charge in [-0.3, -0.25) is 9.59 Å². The summed E-state index contributed by atoms with van der Waals surface area (Å²) in [5, 5.41) is 2.80. The summed E-state index contributed by atoms with van der Waals surface area (Å²) in [7, 11) is 1.57. The summed E-state index contributed by atoms with van der Waals surface area (Å²) in [5.74, 6) is -1.06. The minimum absolute atomic E-state index is 0.113. The quantitative estimate of drug-likeness (QED) is 0.715. The molecule has 8 heteroatoms. The molecule has 0 unspecified atom stereocenters. The number of halogens is 3. The van der Waals surface area contributed by atoms with Gasteiger partial charge in [-0.2, -0.15) is 13.2 Å². The molecule has 2 aromatic carbocycles. The lowest BCUT2D eigenvalue weighted by Gasteiger charge is -2.50. The van der Waals surface area contributed by atoms with E-state index in [0.29, 0.717) is 37.1 Å². The third-order valence-corrected chi connectivity index (χ3v) is 6.55. The fraction of sp³-hybridized carbons (Fsp3) is 0.417. The molecule has 32 heavy (non-hydrogen) atoms. The van der Waals surface area contributed by atoms with Crippen molar-refractivity contribution in [1.29, 1.82) is 0 Å². The Hall–Kier alpha value is -2.87. The molecule has 0 aromatic heterocycles. The van der Waals surface area contributed by atoms with E-state index in [-0.39, 0.29) is 17.5 Å². The third kappa shape index (κ3) is 3.88. The maximum Gasteiger partial charge on any atom is 0.416 e. The van der Waals surface area contributed by atoms with Crippen LogP contribution < -0.4 is 5.32 Å². The minimum atomic E-state index is -4.44. The van der Waals surface area contributed by atoms with Crippen LogP contribution in [-0.4, -0.2) is 42.5 Å². The number of methoxy groups -OCH3 is 1. The molecule has 2 aromatic rings. The van der Waals surface area contributed by atoms with E-state index in [4.69, 9.17) is 4.74 Å². The van der Waals surface area contributed by atoms with Gasteiger partial charge in [0.05, 0.1) is 23.6 Å². The van der Waals surface area contributed by atoms with Crippen molar-refractivity contribution in [2.24, 2.45) is 0 Å². The summed E-state index contributed by atoms with van der Waals surface area (Å²) in [6.07, 6.45) is -1.29. The lowest BCUT2D eigenvalue weighted by molar-refractivity contribution is -0.137. The summed E-state index contributed by atoms with van der Waals surface area (Å²) in [4.78, 5) is 28.8. The average Bonchev–Trinajstić information content (AvgIpc) is 3.23. The Morgan fingerprint density at radius 1 is 1.12 bits per heavy atom. The van der Waals surface area contributed by atoms with Crippen molar-refractivity contribution < 1.29 is 27.5 Å². The van der Waals surface area contributed by atoms with E-state index in [0.717, 1.165) is 25.0 Å². The highest BCUT2D eigenvalue weighted by atomic mass is 19.4. The summed E-state index contributed by atoms with van der Waals surface area (Å²) in [6, 6.07) is 11.5. The number of alkyl halides is 3. The topological polar surface area (TPSA) is 58.6 Å². The van der Waals surface area contributed by atoms with E-state index < -0.39 is 23.2 Å². The zero-order valence-corrected chi connectivity index (χ0v) is 17.7. The average molecular weight is 446 g/mol. The molecule has 1 saturated carbocycles. The molecule has 1 atom stereocenters. The molecule has 1 spiro atoms. The standard InChI is InChI=1S/C24H25F3N2O3/c1-32-15-14-29-22(31)19-7-3-2-6-18(19)20(23(29)12-4-5-13-23)21(30)28-17-10-8-16(9-11-17)24(25,26)27/h2-3,6-11,20H,4-5,12-15H2,1H3,(H,28,30)/t20-/m1/s1. The maximum atomic E-state index is 13.6. The Balaban J connectivity index is 1.72. The first-order valence-corrected chi connectivity index (χ1v) is 10.7. The van der Waals surface area contributed by atoms with Gasteiger partial charge >= 0.3 is 6.18 Å². The molecule has 1 aliphatic carbocycles. The Kier molecular flexibility index (Phi) is 5.99. The van der Waals surface area contributed by atoms with Crippen LogP contribution in [-0.2, 0) is 15.7 Å². The van der Waals surface area contributed by atoms with Gasteiger partial charge in [0.15, 0.2) is 0 Å². The normalized spacial score (nSPS) is 19.8. The van der Waals surface area contributed by atoms with Gasteiger partial charge in [0.2, 0.25) is 5.91 Å². The maximum absolute atomic E-state index is 13.6. The van der Waals surface area contributed by atoms with Crippen LogP contribution in [0.3, 0.4) is 0 Å². The SMILES string of the molecule is COCCN1C(=O)c2ccccc2[C@H](C(=O)Nc2ccc(C(F)(F)F)cc2)C12CCCC2. The molecule has 5 nitrogen and oxygen atoms in total. The second kappa shape index (κ2) is 8.58. The van der Waals surface area contributed by atoms with E-state index in [1.54, 1.807) is 36.3 Å². The lowest BCUT2D eigenvalue weighted by Crippen LogP contribution is -2.60. The van der Waals surface area contributed by atoms with Gasteiger partial charge in [0.25, 0.3) is 5.91 Å². The van der Waals surface area contributed by atoms with E-state index in [1.165, 1.54) is 12.1 Å². The first-order chi connectivity index (χ1) is 15.3. The van der Waals surface area contributed by atoms with Gasteiger partial charge in [-0.15, -0.1) is 0 Å². The van der Waals surface area contributed by atoms with Gasteiger partial charge in [-0.05, 0) is 48.7 Å². The number of hydrogen-bond donors (Lipinski definition) is 1. The first-order valence-electron chi connectivity index (χ1n) is 10.7. The van der Waals surface area contributed by atoms with E-state index in [9.17, 15) is 22.8 Å². The minimum Gasteiger partial charge on any atom is -0.383 e. The highest BCUT2D eigenvalue weighted by Crippen LogP contribution is 2.50. The van der Waals surface area contributed by atoms with Crippen molar-refractivity contribution >= 4 is 17.5 Å². The van der Waals surface area contributed by atoms with Crippen LogP contribution in [0.15, 0.2) is 48.5 Å². The molecule has 0 bridgehead atoms. The Morgan fingerprint density at radius 2 is 1.78 bits per heavy atom. The number of anilines is 1. The van der Waals surface area contributed by atoms with E-state index in [2.05, 4.69) is 5.32 Å². The van der Waals surface area contributed by atoms with Crippen molar-refractivity contribution in [1.82, 2.24) is 4.90 Å². The van der Waals surface area contributed by atoms with E-state index in [1.807, 2.05) is 0 Å². The fourth-order valence-electron chi connectivity index (χ4n) is 5.13. The van der Waals surface area contributed by atoms with Gasteiger partial charge < -0.3 is 15.0 Å². The van der Waals surface area contributed by atoms with Crippen LogP contribution in [0.25, 0.3) is 0 Å². The predicted molar refractivity (Wildman–Crippen MR) is 113 cm³/mol. The third-order valence-electron chi connectivity index (χ3n) is 6.55. The summed E-state index contributed by atoms with van der Waals surface area (Å²) >= 11 is 0. The molecular weight excluding hydrogens is 421 g/mol. The molecule has 1 aliphatic heterocycles. The van der Waals surface area contributed by atoms with Crippen LogP contribution in [0, 0.1) is 0 Å². The molecule has 1 N–H and O–H groups in total. The van der Waals surface area contributed by atoms with Crippen molar-refractivity contribution in [2.75, 3.05) is 25.6 Å². The number of ether oxygens (including phenoxy) is 1. The number of nitrogens with one attached hydrogen (secondary N) is 1. The van der Waals surface area contributed by atoms with E-state index >= 15 is 0 Å². The van der Waals surface area contributed by atoms with Gasteiger partial charge in [0, 0.05) is 24.9 Å². The molecule has 1 fully saturated rings. The predicted octanol–water partition coefficient (Wildman–Crippen LogP) is 4.84. The number of amides is 2. The number of hydrogen-bond acceptors (Lipinski definition) is 3. The first kappa shape index (κ1) is 22.3. The molecule has 2 amide bonds. The van der Waals surface area contributed by atoms with Crippen LogP contribution in [0.1, 0.15) is 53.1 Å². The summed E-state index contributed by atoms with van der Waals surface area (Å²) in [5.41, 5.74) is -0.0257. The van der Waals surface area contributed by atoms with Crippen molar-refractivity contribution in [3.63, 3.8) is 0 Å². The van der Waals surface area contributed by atoms with Crippen LogP contribution >= 0.6 is 0 Å². The number of rotatable bonds is 5. The smallest absolute Gasteiger partial charge is 0.383 e. The summed E-state index contributed by atoms with van der Waals surface area (Å²) in [6.45, 7) is 0.719. The zero-order valence-electron chi connectivity index (χ0n) is 17.7. The Morgan fingerprint density at radius 3 is 2.41 bits per heavy atom. The number of fused-ring (bicyclic) bond motifs is 1. The van der Waals surface area contributed by atoms with Crippen molar-refractivity contribution in [2.45, 2.75) is 43.3 Å². The number of carbonyl (C=O) groups is 2. The second-order valence-electron chi connectivity index (χ2n) is 8.34. The number of benzene rings is 2.